The predicted molar refractivity (Wildman–Crippen MR) is 58.6 cm³/mol. The van der Waals surface area contributed by atoms with Crippen LogP contribution in [0.15, 0.2) is 0 Å². The van der Waals surface area contributed by atoms with Crippen LogP contribution in [-0.2, 0) is 4.79 Å². The van der Waals surface area contributed by atoms with Crippen LogP contribution in [0.1, 0.15) is 47.0 Å². The minimum absolute atomic E-state index is 0.162. The average Bonchev–Trinajstić information content (AvgIpc) is 2.29. The smallest absolute Gasteiger partial charge is 0.223 e. The number of nitrogens with two attached hydrogens (primary N) is 1. The van der Waals surface area contributed by atoms with Crippen molar-refractivity contribution in [1.82, 2.24) is 0 Å². The Balaban J connectivity index is 2.50. The Hall–Kier alpha value is -0.530. The number of amides is 1. The molecule has 2 atom stereocenters. The molecule has 0 spiro atoms. The molecule has 1 aliphatic rings. The van der Waals surface area contributed by atoms with Crippen molar-refractivity contribution in [2.45, 2.75) is 47.0 Å². The zero-order valence-corrected chi connectivity index (χ0v) is 9.84. The van der Waals surface area contributed by atoms with E-state index in [1.54, 1.807) is 0 Å². The third-order valence-corrected chi connectivity index (χ3v) is 3.85. The SMILES string of the molecule is CC1CC(CC(C)(C)C(N)=O)CC1C. The van der Waals surface area contributed by atoms with Crippen LogP contribution >= 0.6 is 0 Å². The van der Waals surface area contributed by atoms with E-state index < -0.39 is 0 Å². The first kappa shape index (κ1) is 11.5. The zero-order valence-electron chi connectivity index (χ0n) is 9.84. The molecule has 0 bridgehead atoms. The fourth-order valence-corrected chi connectivity index (χ4v) is 2.60. The zero-order chi connectivity index (χ0) is 10.9. The fourth-order valence-electron chi connectivity index (χ4n) is 2.60. The molecule has 0 heterocycles. The number of rotatable bonds is 3. The predicted octanol–water partition coefficient (Wildman–Crippen LogP) is 2.57. The summed E-state index contributed by atoms with van der Waals surface area (Å²) in [7, 11) is 0. The number of hydrogen-bond donors (Lipinski definition) is 1. The van der Waals surface area contributed by atoms with Crippen LogP contribution in [-0.4, -0.2) is 5.91 Å². The Labute approximate surface area is 87.2 Å². The monoisotopic (exact) mass is 197 g/mol. The highest BCUT2D eigenvalue weighted by molar-refractivity contribution is 5.79. The van der Waals surface area contributed by atoms with Crippen LogP contribution in [0, 0.1) is 23.2 Å². The summed E-state index contributed by atoms with van der Waals surface area (Å²) in [6.45, 7) is 8.54. The minimum Gasteiger partial charge on any atom is -0.369 e. The molecule has 82 valence electrons. The molecule has 2 N–H and O–H groups in total. The van der Waals surface area contributed by atoms with Crippen LogP contribution in [0.2, 0.25) is 0 Å². The molecule has 0 radical (unpaired) electrons. The summed E-state index contributed by atoms with van der Waals surface area (Å²) in [6.07, 6.45) is 3.48. The van der Waals surface area contributed by atoms with Crippen LogP contribution in [0.4, 0.5) is 0 Å². The Morgan fingerprint density at radius 2 is 1.71 bits per heavy atom. The van der Waals surface area contributed by atoms with Crippen LogP contribution in [0.3, 0.4) is 0 Å². The van der Waals surface area contributed by atoms with Crippen LogP contribution in [0.25, 0.3) is 0 Å². The topological polar surface area (TPSA) is 43.1 Å². The molecular weight excluding hydrogens is 174 g/mol. The maximum Gasteiger partial charge on any atom is 0.223 e. The number of primary amides is 1. The van der Waals surface area contributed by atoms with Crippen LogP contribution in [0.5, 0.6) is 0 Å². The molecule has 1 saturated carbocycles. The van der Waals surface area contributed by atoms with Gasteiger partial charge in [0.15, 0.2) is 0 Å². The average molecular weight is 197 g/mol. The highest BCUT2D eigenvalue weighted by Crippen LogP contribution is 2.41. The molecule has 1 aliphatic carbocycles. The first-order valence-electron chi connectivity index (χ1n) is 5.63. The van der Waals surface area contributed by atoms with Gasteiger partial charge in [-0.15, -0.1) is 0 Å². The quantitative estimate of drug-likeness (QED) is 0.742. The van der Waals surface area contributed by atoms with Crippen molar-refractivity contribution >= 4 is 5.91 Å². The summed E-state index contributed by atoms with van der Waals surface area (Å²) < 4.78 is 0. The lowest BCUT2D eigenvalue weighted by molar-refractivity contribution is -0.126. The number of carbonyl (C=O) groups is 1. The summed E-state index contributed by atoms with van der Waals surface area (Å²) in [4.78, 5) is 11.2. The fraction of sp³-hybridized carbons (Fsp3) is 0.917. The third-order valence-electron chi connectivity index (χ3n) is 3.85. The maximum atomic E-state index is 11.2. The normalized spacial score (nSPS) is 33.3. The molecule has 1 fully saturated rings. The summed E-state index contributed by atoms with van der Waals surface area (Å²) in [5.74, 6) is 2.15. The maximum absolute atomic E-state index is 11.2. The molecule has 2 unspecified atom stereocenters. The second-order valence-electron chi connectivity index (χ2n) is 5.74. The van der Waals surface area contributed by atoms with E-state index in [9.17, 15) is 4.79 Å². The van der Waals surface area contributed by atoms with Gasteiger partial charge in [-0.1, -0.05) is 27.7 Å². The first-order valence-corrected chi connectivity index (χ1v) is 5.63. The lowest BCUT2D eigenvalue weighted by atomic mass is 9.81. The van der Waals surface area contributed by atoms with E-state index in [1.807, 2.05) is 13.8 Å². The number of hydrogen-bond acceptors (Lipinski definition) is 1. The first-order chi connectivity index (χ1) is 6.33. The Morgan fingerprint density at radius 3 is 2.07 bits per heavy atom. The molecule has 2 heteroatoms. The Bertz CT molecular complexity index is 212. The molecule has 1 rings (SSSR count). The van der Waals surface area contributed by atoms with Crippen molar-refractivity contribution in [3.63, 3.8) is 0 Å². The highest BCUT2D eigenvalue weighted by Gasteiger charge is 2.34. The van der Waals surface area contributed by atoms with E-state index in [1.165, 1.54) is 12.8 Å². The summed E-state index contributed by atoms with van der Waals surface area (Å²) in [5, 5.41) is 0. The molecule has 0 saturated heterocycles. The summed E-state index contributed by atoms with van der Waals surface area (Å²) in [6, 6.07) is 0. The van der Waals surface area contributed by atoms with Gasteiger partial charge in [0.2, 0.25) is 5.91 Å². The molecule has 0 aliphatic heterocycles. The summed E-state index contributed by atoms with van der Waals surface area (Å²) >= 11 is 0. The largest absolute Gasteiger partial charge is 0.369 e. The van der Waals surface area contributed by atoms with E-state index in [0.717, 1.165) is 18.3 Å². The number of carbonyl (C=O) groups excluding carboxylic acids is 1. The van der Waals surface area contributed by atoms with Gasteiger partial charge >= 0.3 is 0 Å². The van der Waals surface area contributed by atoms with Crippen molar-refractivity contribution < 1.29 is 4.79 Å². The molecule has 1 amide bonds. The second kappa shape index (κ2) is 3.92. The second-order valence-corrected chi connectivity index (χ2v) is 5.74. The van der Waals surface area contributed by atoms with E-state index >= 15 is 0 Å². The van der Waals surface area contributed by atoms with Gasteiger partial charge in [-0.05, 0) is 37.0 Å². The van der Waals surface area contributed by atoms with Gasteiger partial charge in [0.1, 0.15) is 0 Å². The molecule has 0 aromatic heterocycles. The van der Waals surface area contributed by atoms with E-state index in [0.29, 0.717) is 5.92 Å². The van der Waals surface area contributed by atoms with Gasteiger partial charge in [0.05, 0.1) is 0 Å². The van der Waals surface area contributed by atoms with Gasteiger partial charge in [-0.3, -0.25) is 4.79 Å². The summed E-state index contributed by atoms with van der Waals surface area (Å²) in [5.41, 5.74) is 5.05. The molecule has 2 nitrogen and oxygen atoms in total. The minimum atomic E-state index is -0.325. The molecule has 0 aromatic rings. The van der Waals surface area contributed by atoms with E-state index in [2.05, 4.69) is 13.8 Å². The van der Waals surface area contributed by atoms with Crippen molar-refractivity contribution in [1.29, 1.82) is 0 Å². The molecular formula is C12H23NO. The Morgan fingerprint density at radius 1 is 1.29 bits per heavy atom. The van der Waals surface area contributed by atoms with Crippen molar-refractivity contribution in [3.8, 4) is 0 Å². The van der Waals surface area contributed by atoms with Crippen molar-refractivity contribution in [3.05, 3.63) is 0 Å². The highest BCUT2D eigenvalue weighted by atomic mass is 16.1. The lowest BCUT2D eigenvalue weighted by Crippen LogP contribution is -2.33. The standard InChI is InChI=1S/C12H23NO/c1-8-5-10(6-9(8)2)7-12(3,4)11(13)14/h8-10H,5-7H2,1-4H3,(H2,13,14). The van der Waals surface area contributed by atoms with Gasteiger partial charge in [0, 0.05) is 5.41 Å². The van der Waals surface area contributed by atoms with E-state index in [-0.39, 0.29) is 11.3 Å². The van der Waals surface area contributed by atoms with Crippen molar-refractivity contribution in [2.24, 2.45) is 28.9 Å². The third kappa shape index (κ3) is 2.49. The van der Waals surface area contributed by atoms with E-state index in [4.69, 9.17) is 5.73 Å². The van der Waals surface area contributed by atoms with Gasteiger partial charge < -0.3 is 5.73 Å². The van der Waals surface area contributed by atoms with Gasteiger partial charge in [0.25, 0.3) is 0 Å². The molecule has 14 heavy (non-hydrogen) atoms. The lowest BCUT2D eigenvalue weighted by Gasteiger charge is -2.24. The van der Waals surface area contributed by atoms with Gasteiger partial charge in [-0.2, -0.15) is 0 Å². The molecule has 0 aromatic carbocycles. The van der Waals surface area contributed by atoms with Crippen molar-refractivity contribution in [2.75, 3.05) is 0 Å². The van der Waals surface area contributed by atoms with Gasteiger partial charge in [-0.25, -0.2) is 0 Å². The van der Waals surface area contributed by atoms with Crippen LogP contribution < -0.4 is 5.73 Å². The Kier molecular flexibility index (Phi) is 3.23.